The van der Waals surface area contributed by atoms with Crippen molar-refractivity contribution in [3.63, 3.8) is 0 Å². The largest absolute Gasteiger partial charge is 0.505 e. The number of phenolic OH excluding ortho intramolecular Hbond substituents is 1. The first-order chi connectivity index (χ1) is 12.9. The molecule has 5 nitrogen and oxygen atoms in total. The van der Waals surface area contributed by atoms with E-state index >= 15 is 0 Å². The molecule has 0 unspecified atom stereocenters. The first-order valence-corrected chi connectivity index (χ1v) is 8.48. The number of carbonyl (C=O) groups is 2. The highest BCUT2D eigenvalue weighted by Crippen LogP contribution is 2.32. The topological polar surface area (TPSA) is 79.3 Å². The molecule has 0 saturated carbocycles. The van der Waals surface area contributed by atoms with E-state index in [2.05, 4.69) is 10.3 Å². The Bertz CT molecular complexity index is 1030. The van der Waals surface area contributed by atoms with E-state index in [0.717, 1.165) is 11.1 Å². The second-order valence-electron chi connectivity index (χ2n) is 6.38. The summed E-state index contributed by atoms with van der Waals surface area (Å²) in [5.41, 5.74) is 2.79. The number of aromatic hydroxyl groups is 1. The zero-order chi connectivity index (χ0) is 19.6. The van der Waals surface area contributed by atoms with Crippen LogP contribution < -0.4 is 5.32 Å². The highest BCUT2D eigenvalue weighted by atomic mass is 19.1. The predicted octanol–water partition coefficient (Wildman–Crippen LogP) is 3.16. The van der Waals surface area contributed by atoms with E-state index in [-0.39, 0.29) is 40.8 Å². The summed E-state index contributed by atoms with van der Waals surface area (Å²) in [5.74, 6) is -0.999. The summed E-state index contributed by atoms with van der Waals surface area (Å²) in [4.78, 5) is 28.0. The van der Waals surface area contributed by atoms with Gasteiger partial charge in [-0.1, -0.05) is 12.1 Å². The molecule has 0 saturated heterocycles. The highest BCUT2D eigenvalue weighted by molar-refractivity contribution is 6.04. The van der Waals surface area contributed by atoms with E-state index < -0.39 is 0 Å². The smallest absolute Gasteiger partial charge is 0.224 e. The molecule has 0 spiro atoms. The van der Waals surface area contributed by atoms with Crippen LogP contribution in [-0.4, -0.2) is 28.8 Å². The molecule has 1 heterocycles. The molecule has 1 amide bonds. The lowest BCUT2D eigenvalue weighted by molar-refractivity contribution is -0.119. The lowest BCUT2D eigenvalue weighted by Crippen LogP contribution is -2.20. The minimum absolute atomic E-state index is 0.0647. The van der Waals surface area contributed by atoms with Crippen molar-refractivity contribution < 1.29 is 19.1 Å². The molecule has 1 aromatic heterocycles. The summed E-state index contributed by atoms with van der Waals surface area (Å²) in [5, 5.41) is 13.6. The van der Waals surface area contributed by atoms with Crippen LogP contribution >= 0.6 is 0 Å². The number of likely N-dealkylation sites (N-methyl/N-ethyl adjacent to an activating group) is 1. The van der Waals surface area contributed by atoms with Gasteiger partial charge in [0, 0.05) is 18.6 Å². The van der Waals surface area contributed by atoms with Crippen molar-refractivity contribution in [2.24, 2.45) is 0 Å². The molecule has 0 aliphatic heterocycles. The van der Waals surface area contributed by atoms with E-state index in [1.54, 1.807) is 24.4 Å². The lowest BCUT2D eigenvalue weighted by Gasteiger charge is -2.12. The van der Waals surface area contributed by atoms with Crippen LogP contribution in [0.1, 0.15) is 34.0 Å². The van der Waals surface area contributed by atoms with Crippen LogP contribution in [0.4, 0.5) is 4.39 Å². The maximum Gasteiger partial charge on any atom is 0.224 e. The van der Waals surface area contributed by atoms with E-state index in [9.17, 15) is 19.1 Å². The van der Waals surface area contributed by atoms with Gasteiger partial charge in [-0.15, -0.1) is 0 Å². The van der Waals surface area contributed by atoms with Gasteiger partial charge in [-0.25, -0.2) is 4.39 Å². The summed E-state index contributed by atoms with van der Waals surface area (Å²) in [7, 11) is 1.54. The van der Waals surface area contributed by atoms with Crippen molar-refractivity contribution in [3.8, 4) is 5.75 Å². The second-order valence-corrected chi connectivity index (χ2v) is 6.38. The number of phenols is 1. The van der Waals surface area contributed by atoms with Crippen LogP contribution in [0.25, 0.3) is 10.9 Å². The number of amides is 1. The van der Waals surface area contributed by atoms with Crippen LogP contribution in [0.3, 0.4) is 0 Å². The molecular weight excluding hydrogens is 347 g/mol. The molecule has 0 radical (unpaired) electrons. The quantitative estimate of drug-likeness (QED) is 0.680. The van der Waals surface area contributed by atoms with Gasteiger partial charge >= 0.3 is 0 Å². The van der Waals surface area contributed by atoms with Gasteiger partial charge in [0.05, 0.1) is 12.0 Å². The van der Waals surface area contributed by atoms with E-state index in [0.29, 0.717) is 17.4 Å². The molecule has 0 fully saturated rings. The molecule has 2 aromatic carbocycles. The lowest BCUT2D eigenvalue weighted by atomic mass is 9.96. The van der Waals surface area contributed by atoms with Crippen molar-refractivity contribution in [3.05, 3.63) is 70.7 Å². The normalized spacial score (nSPS) is 10.8. The van der Waals surface area contributed by atoms with E-state index in [4.69, 9.17) is 0 Å². The number of nitrogens with zero attached hydrogens (tertiary/aromatic N) is 1. The molecule has 2 N–H and O–H groups in total. The van der Waals surface area contributed by atoms with Crippen LogP contribution in [0.2, 0.25) is 0 Å². The number of aromatic nitrogens is 1. The molecule has 27 heavy (non-hydrogen) atoms. The van der Waals surface area contributed by atoms with Crippen molar-refractivity contribution in [1.29, 1.82) is 0 Å². The summed E-state index contributed by atoms with van der Waals surface area (Å²) >= 11 is 0. The average molecular weight is 366 g/mol. The van der Waals surface area contributed by atoms with Crippen molar-refractivity contribution in [1.82, 2.24) is 10.3 Å². The first-order valence-electron chi connectivity index (χ1n) is 8.48. The zero-order valence-corrected chi connectivity index (χ0v) is 15.0. The Hall–Kier alpha value is -3.28. The maximum atomic E-state index is 13.1. The number of carbonyl (C=O) groups excluding carboxylic acids is 2. The number of benzene rings is 2. The number of hydrogen-bond donors (Lipinski definition) is 2. The van der Waals surface area contributed by atoms with Crippen molar-refractivity contribution in [2.45, 2.75) is 19.8 Å². The minimum atomic E-state index is -0.301. The van der Waals surface area contributed by atoms with Gasteiger partial charge in [0.15, 0.2) is 11.5 Å². The van der Waals surface area contributed by atoms with Gasteiger partial charge in [0.2, 0.25) is 5.91 Å². The number of fused-ring (bicyclic) bond motifs is 1. The molecule has 0 aliphatic rings. The zero-order valence-electron chi connectivity index (χ0n) is 15.0. The van der Waals surface area contributed by atoms with Gasteiger partial charge in [0.25, 0.3) is 0 Å². The number of pyridine rings is 1. The van der Waals surface area contributed by atoms with Gasteiger partial charge in [-0.3, -0.25) is 14.6 Å². The van der Waals surface area contributed by atoms with Crippen molar-refractivity contribution in [2.75, 3.05) is 7.05 Å². The van der Waals surface area contributed by atoms with Crippen LogP contribution in [0, 0.1) is 5.82 Å². The first kappa shape index (κ1) is 18.5. The molecular formula is C21H19FN2O3. The third-order valence-electron chi connectivity index (χ3n) is 4.42. The van der Waals surface area contributed by atoms with Crippen molar-refractivity contribution >= 4 is 22.6 Å². The average Bonchev–Trinajstić information content (AvgIpc) is 2.65. The monoisotopic (exact) mass is 366 g/mol. The number of Topliss-reactive ketones (excluding diaryl/α,β-unsaturated/α-hetero) is 1. The Morgan fingerprint density at radius 1 is 1.15 bits per heavy atom. The Morgan fingerprint density at radius 3 is 2.48 bits per heavy atom. The summed E-state index contributed by atoms with van der Waals surface area (Å²) in [6, 6.07) is 9.56. The number of ketones is 1. The Kier molecular flexibility index (Phi) is 5.16. The minimum Gasteiger partial charge on any atom is -0.505 e. The van der Waals surface area contributed by atoms with Crippen LogP contribution in [-0.2, 0) is 17.6 Å². The third-order valence-corrected chi connectivity index (χ3v) is 4.42. The second kappa shape index (κ2) is 7.53. The molecule has 0 atom stereocenters. The summed E-state index contributed by atoms with van der Waals surface area (Å²) in [6.07, 6.45) is 2.20. The number of halogens is 1. The Morgan fingerprint density at radius 2 is 1.85 bits per heavy atom. The van der Waals surface area contributed by atoms with Gasteiger partial charge in [-0.05, 0) is 54.3 Å². The summed E-state index contributed by atoms with van der Waals surface area (Å²) in [6.45, 7) is 1.35. The number of rotatable bonds is 5. The van der Waals surface area contributed by atoms with Crippen LogP contribution in [0.5, 0.6) is 5.75 Å². The van der Waals surface area contributed by atoms with Gasteiger partial charge < -0.3 is 10.4 Å². The van der Waals surface area contributed by atoms with E-state index in [1.807, 2.05) is 6.07 Å². The fourth-order valence-electron chi connectivity index (χ4n) is 3.00. The number of hydrogen-bond acceptors (Lipinski definition) is 4. The molecule has 3 rings (SSSR count). The highest BCUT2D eigenvalue weighted by Gasteiger charge is 2.17. The fourth-order valence-corrected chi connectivity index (χ4v) is 3.00. The Labute approximate surface area is 155 Å². The number of nitrogens with one attached hydrogen (secondary N) is 1. The third kappa shape index (κ3) is 3.95. The molecule has 0 bridgehead atoms. The molecule has 138 valence electrons. The molecule has 3 aromatic rings. The SMILES string of the molecule is CNC(=O)Cc1cc(C(C)=O)c(O)c2ncc(Cc3ccc(F)cc3)cc12. The summed E-state index contributed by atoms with van der Waals surface area (Å²) < 4.78 is 13.1. The van der Waals surface area contributed by atoms with Gasteiger partial charge in [0.1, 0.15) is 11.3 Å². The van der Waals surface area contributed by atoms with Crippen LogP contribution in [0.15, 0.2) is 42.6 Å². The fraction of sp³-hybridized carbons (Fsp3) is 0.190. The molecule has 6 heteroatoms. The predicted molar refractivity (Wildman–Crippen MR) is 100 cm³/mol. The standard InChI is InChI=1S/C21H19FN2O3/c1-12(25)17-9-15(10-19(26)23-2)18-8-14(11-24-20(18)21(17)27)7-13-3-5-16(22)6-4-13/h3-6,8-9,11,27H,7,10H2,1-2H3,(H,23,26). The molecule has 0 aliphatic carbocycles. The van der Waals surface area contributed by atoms with Gasteiger partial charge in [-0.2, -0.15) is 0 Å². The maximum absolute atomic E-state index is 13.1. The Balaban J connectivity index is 2.11. The van der Waals surface area contributed by atoms with E-state index in [1.165, 1.54) is 26.1 Å².